The van der Waals surface area contributed by atoms with Crippen LogP contribution in [0.3, 0.4) is 0 Å². The van der Waals surface area contributed by atoms with Crippen LogP contribution in [0.25, 0.3) is 0 Å². The summed E-state index contributed by atoms with van der Waals surface area (Å²) in [5.41, 5.74) is 8.16. The van der Waals surface area contributed by atoms with Gasteiger partial charge < -0.3 is 10.5 Å². The lowest BCUT2D eigenvalue weighted by molar-refractivity contribution is 0.468. The molecule has 0 radical (unpaired) electrons. The highest BCUT2D eigenvalue weighted by Crippen LogP contribution is 2.36. The maximum Gasteiger partial charge on any atom is 0.149 e. The summed E-state index contributed by atoms with van der Waals surface area (Å²) in [7, 11) is 0. The van der Waals surface area contributed by atoms with Gasteiger partial charge in [-0.1, -0.05) is 52.7 Å². The van der Waals surface area contributed by atoms with Crippen LogP contribution in [-0.2, 0) is 6.42 Å². The first kappa shape index (κ1) is 16.3. The van der Waals surface area contributed by atoms with Gasteiger partial charge in [-0.05, 0) is 49.1 Å². The zero-order chi connectivity index (χ0) is 15.4. The summed E-state index contributed by atoms with van der Waals surface area (Å²) in [5.74, 6) is 1.49. The molecule has 0 aromatic heterocycles. The number of ether oxygens (including phenoxy) is 1. The van der Waals surface area contributed by atoms with Crippen molar-refractivity contribution in [3.63, 3.8) is 0 Å². The fourth-order valence-electron chi connectivity index (χ4n) is 2.05. The number of halogens is 2. The monoisotopic (exact) mass is 367 g/mol. The average molecular weight is 369 g/mol. The Morgan fingerprint density at radius 1 is 1.29 bits per heavy atom. The number of benzene rings is 2. The largest absolute Gasteiger partial charge is 0.455 e. The molecule has 1 unspecified atom stereocenters. The summed E-state index contributed by atoms with van der Waals surface area (Å²) in [5, 5.41) is 0.607. The molecule has 2 nitrogen and oxygen atoms in total. The predicted octanol–water partition coefficient (Wildman–Crippen LogP) is 5.48. The standard InChI is InChI=1S/C17H19BrClNO/c1-3-14(20)9-12-5-4-6-15(19)17(12)21-16-10-13(18)8-7-11(16)2/h4-8,10,14H,3,9,20H2,1-2H3. The van der Waals surface area contributed by atoms with Gasteiger partial charge in [-0.3, -0.25) is 0 Å². The highest BCUT2D eigenvalue weighted by atomic mass is 79.9. The quantitative estimate of drug-likeness (QED) is 0.758. The van der Waals surface area contributed by atoms with Crippen LogP contribution in [0.5, 0.6) is 11.5 Å². The Hall–Kier alpha value is -1.03. The van der Waals surface area contributed by atoms with E-state index >= 15 is 0 Å². The van der Waals surface area contributed by atoms with Gasteiger partial charge in [0.25, 0.3) is 0 Å². The summed E-state index contributed by atoms with van der Waals surface area (Å²) in [6, 6.07) is 11.8. The van der Waals surface area contributed by atoms with Crippen LogP contribution in [0.2, 0.25) is 5.02 Å². The molecule has 2 rings (SSSR count). The van der Waals surface area contributed by atoms with E-state index in [-0.39, 0.29) is 6.04 Å². The van der Waals surface area contributed by atoms with E-state index in [1.54, 1.807) is 0 Å². The first-order valence-electron chi connectivity index (χ1n) is 6.98. The molecule has 0 heterocycles. The first-order chi connectivity index (χ1) is 10.0. The van der Waals surface area contributed by atoms with Gasteiger partial charge in [0.2, 0.25) is 0 Å². The van der Waals surface area contributed by atoms with Crippen molar-refractivity contribution in [2.75, 3.05) is 0 Å². The zero-order valence-corrected chi connectivity index (χ0v) is 14.5. The third-order valence-electron chi connectivity index (χ3n) is 3.42. The van der Waals surface area contributed by atoms with Gasteiger partial charge >= 0.3 is 0 Å². The van der Waals surface area contributed by atoms with Crippen molar-refractivity contribution in [3.05, 3.63) is 57.0 Å². The van der Waals surface area contributed by atoms with Crippen LogP contribution in [0.1, 0.15) is 24.5 Å². The predicted molar refractivity (Wildman–Crippen MR) is 92.4 cm³/mol. The van der Waals surface area contributed by atoms with Gasteiger partial charge in [0.05, 0.1) is 5.02 Å². The van der Waals surface area contributed by atoms with E-state index in [9.17, 15) is 0 Å². The van der Waals surface area contributed by atoms with Crippen molar-refractivity contribution in [2.24, 2.45) is 5.73 Å². The van der Waals surface area contributed by atoms with Crippen molar-refractivity contribution < 1.29 is 4.74 Å². The van der Waals surface area contributed by atoms with Gasteiger partial charge in [0, 0.05) is 10.5 Å². The molecule has 0 aliphatic carbocycles. The summed E-state index contributed by atoms with van der Waals surface area (Å²) in [6.45, 7) is 4.09. The van der Waals surface area contributed by atoms with Crippen LogP contribution in [0.15, 0.2) is 40.9 Å². The normalized spacial score (nSPS) is 12.2. The minimum atomic E-state index is 0.106. The Labute approximate surface area is 139 Å². The molecule has 0 spiro atoms. The lowest BCUT2D eigenvalue weighted by Crippen LogP contribution is -2.21. The second kappa shape index (κ2) is 7.30. The van der Waals surface area contributed by atoms with Crippen LogP contribution in [0, 0.1) is 6.92 Å². The molecule has 4 heteroatoms. The van der Waals surface area contributed by atoms with Gasteiger partial charge in [-0.25, -0.2) is 0 Å². The lowest BCUT2D eigenvalue weighted by atomic mass is 10.0. The van der Waals surface area contributed by atoms with Crippen LogP contribution in [-0.4, -0.2) is 6.04 Å². The van der Waals surface area contributed by atoms with E-state index in [1.807, 2.05) is 43.3 Å². The second-order valence-electron chi connectivity index (χ2n) is 5.11. The molecule has 2 aromatic rings. The van der Waals surface area contributed by atoms with E-state index in [4.69, 9.17) is 22.1 Å². The molecule has 0 saturated carbocycles. The fourth-order valence-corrected chi connectivity index (χ4v) is 2.62. The van der Waals surface area contributed by atoms with Gasteiger partial charge in [-0.15, -0.1) is 0 Å². The number of rotatable bonds is 5. The third-order valence-corrected chi connectivity index (χ3v) is 4.21. The second-order valence-corrected chi connectivity index (χ2v) is 6.44. The molecule has 0 bridgehead atoms. The average Bonchev–Trinajstić information content (AvgIpc) is 2.46. The SMILES string of the molecule is CCC(N)Cc1cccc(Cl)c1Oc1cc(Br)ccc1C. The van der Waals surface area contributed by atoms with Crippen LogP contribution >= 0.6 is 27.5 Å². The minimum Gasteiger partial charge on any atom is -0.455 e. The molecule has 2 aromatic carbocycles. The summed E-state index contributed by atoms with van der Waals surface area (Å²) < 4.78 is 7.05. The Kier molecular flexibility index (Phi) is 5.68. The molecule has 2 N–H and O–H groups in total. The fraction of sp³-hybridized carbons (Fsp3) is 0.294. The maximum atomic E-state index is 6.32. The molecule has 0 amide bonds. The van der Waals surface area contributed by atoms with Gasteiger partial charge in [0.1, 0.15) is 11.5 Å². The zero-order valence-electron chi connectivity index (χ0n) is 12.2. The summed E-state index contributed by atoms with van der Waals surface area (Å²) >= 11 is 9.79. The molecule has 0 aliphatic rings. The summed E-state index contributed by atoms with van der Waals surface area (Å²) in [4.78, 5) is 0. The van der Waals surface area contributed by atoms with E-state index in [2.05, 4.69) is 22.9 Å². The highest BCUT2D eigenvalue weighted by molar-refractivity contribution is 9.10. The minimum absolute atomic E-state index is 0.106. The van der Waals surface area contributed by atoms with E-state index in [0.29, 0.717) is 10.8 Å². The first-order valence-corrected chi connectivity index (χ1v) is 8.15. The third kappa shape index (κ3) is 4.22. The molecular formula is C17H19BrClNO. The van der Waals surface area contributed by atoms with Crippen molar-refractivity contribution in [3.8, 4) is 11.5 Å². The number of para-hydroxylation sites is 1. The Morgan fingerprint density at radius 3 is 2.76 bits per heavy atom. The highest BCUT2D eigenvalue weighted by Gasteiger charge is 2.13. The molecular weight excluding hydrogens is 350 g/mol. The van der Waals surface area contributed by atoms with Gasteiger partial charge in [0.15, 0.2) is 0 Å². The van der Waals surface area contributed by atoms with Crippen LogP contribution < -0.4 is 10.5 Å². The van der Waals surface area contributed by atoms with Crippen molar-refractivity contribution in [1.82, 2.24) is 0 Å². The van der Waals surface area contributed by atoms with Crippen LogP contribution in [0.4, 0.5) is 0 Å². The number of aryl methyl sites for hydroxylation is 1. The molecule has 0 aliphatic heterocycles. The Bertz CT molecular complexity index is 630. The number of nitrogens with two attached hydrogens (primary N) is 1. The number of hydrogen-bond donors (Lipinski definition) is 1. The van der Waals surface area contributed by atoms with E-state index < -0.39 is 0 Å². The lowest BCUT2D eigenvalue weighted by Gasteiger charge is -2.16. The number of hydrogen-bond acceptors (Lipinski definition) is 2. The topological polar surface area (TPSA) is 35.2 Å². The van der Waals surface area contributed by atoms with Crippen molar-refractivity contribution in [2.45, 2.75) is 32.7 Å². The molecule has 1 atom stereocenters. The summed E-state index contributed by atoms with van der Waals surface area (Å²) in [6.07, 6.45) is 1.67. The molecule has 112 valence electrons. The van der Waals surface area contributed by atoms with Gasteiger partial charge in [-0.2, -0.15) is 0 Å². The molecule has 21 heavy (non-hydrogen) atoms. The Balaban J connectivity index is 2.36. The van der Waals surface area contributed by atoms with Crippen molar-refractivity contribution >= 4 is 27.5 Å². The maximum absolute atomic E-state index is 6.32. The van der Waals surface area contributed by atoms with Crippen molar-refractivity contribution in [1.29, 1.82) is 0 Å². The smallest absolute Gasteiger partial charge is 0.149 e. The molecule has 0 saturated heterocycles. The molecule has 0 fully saturated rings. The van der Waals surface area contributed by atoms with E-state index in [0.717, 1.165) is 34.2 Å². The Morgan fingerprint density at radius 2 is 2.05 bits per heavy atom. The van der Waals surface area contributed by atoms with E-state index in [1.165, 1.54) is 0 Å².